The first-order chi connectivity index (χ1) is 16.5. The van der Waals surface area contributed by atoms with Gasteiger partial charge in [-0.25, -0.2) is 0 Å². The summed E-state index contributed by atoms with van der Waals surface area (Å²) in [5.74, 6) is -1.49. The summed E-state index contributed by atoms with van der Waals surface area (Å²) in [6, 6.07) is 27.8. The van der Waals surface area contributed by atoms with Gasteiger partial charge >= 0.3 is 0 Å². The van der Waals surface area contributed by atoms with Gasteiger partial charge in [-0.05, 0) is 34.5 Å². The molecular weight excluding hydrogens is 432 g/mol. The fourth-order valence-electron chi connectivity index (χ4n) is 3.65. The number of nitro groups is 1. The van der Waals surface area contributed by atoms with Crippen LogP contribution in [0.1, 0.15) is 21.8 Å². The first-order valence-corrected chi connectivity index (χ1v) is 10.6. The third-order valence-corrected chi connectivity index (χ3v) is 5.43. The highest BCUT2D eigenvalue weighted by atomic mass is 16.6. The molecule has 0 saturated carbocycles. The Labute approximate surface area is 195 Å². The molecule has 8 nitrogen and oxygen atoms in total. The van der Waals surface area contributed by atoms with Crippen LogP contribution in [0.25, 0.3) is 10.8 Å². The number of anilines is 1. The second-order valence-corrected chi connectivity index (χ2v) is 7.62. The van der Waals surface area contributed by atoms with Crippen molar-refractivity contribution < 1.29 is 14.5 Å². The third kappa shape index (κ3) is 5.18. The molecule has 1 unspecified atom stereocenters. The molecule has 0 aromatic heterocycles. The van der Waals surface area contributed by atoms with E-state index >= 15 is 0 Å². The number of hydrogen-bond acceptors (Lipinski definition) is 5. The highest BCUT2D eigenvalue weighted by Gasteiger charge is 2.23. The highest BCUT2D eigenvalue weighted by Crippen LogP contribution is 2.21. The minimum atomic E-state index is -0.782. The standard InChI is InChI=1S/C26H22N4O4/c31-25(23-12-6-8-18-7-4-5-11-22(18)23)27-17-24(19-13-15-21(16-14-19)30(33)34)26(32)29-28-20-9-2-1-3-10-20/h1-16,24,28H,17H2,(H,27,31)(H,29,32). The van der Waals surface area contributed by atoms with E-state index in [0.29, 0.717) is 16.8 Å². The number of nitrogens with one attached hydrogen (secondary N) is 3. The molecule has 0 radical (unpaired) electrons. The summed E-state index contributed by atoms with van der Waals surface area (Å²) in [7, 11) is 0. The summed E-state index contributed by atoms with van der Waals surface area (Å²) in [6.45, 7) is 0.00215. The molecule has 0 fully saturated rings. The number of non-ortho nitro benzene ring substituents is 1. The van der Waals surface area contributed by atoms with E-state index < -0.39 is 16.7 Å². The van der Waals surface area contributed by atoms with Gasteiger partial charge in [0.1, 0.15) is 0 Å². The van der Waals surface area contributed by atoms with Crippen molar-refractivity contribution in [3.8, 4) is 0 Å². The molecule has 2 amide bonds. The molecule has 0 aliphatic heterocycles. The molecule has 0 heterocycles. The fourth-order valence-corrected chi connectivity index (χ4v) is 3.65. The zero-order chi connectivity index (χ0) is 23.9. The number of para-hydroxylation sites is 1. The quantitative estimate of drug-likeness (QED) is 0.270. The van der Waals surface area contributed by atoms with Crippen molar-refractivity contribution in [2.75, 3.05) is 12.0 Å². The second kappa shape index (κ2) is 10.3. The lowest BCUT2D eigenvalue weighted by Gasteiger charge is -2.19. The summed E-state index contributed by atoms with van der Waals surface area (Å²) >= 11 is 0. The van der Waals surface area contributed by atoms with Gasteiger partial charge in [-0.1, -0.05) is 66.7 Å². The summed E-state index contributed by atoms with van der Waals surface area (Å²) in [6.07, 6.45) is 0. The Bertz CT molecular complexity index is 1320. The van der Waals surface area contributed by atoms with E-state index in [9.17, 15) is 19.7 Å². The summed E-state index contributed by atoms with van der Waals surface area (Å²) in [4.78, 5) is 36.5. The normalized spacial score (nSPS) is 11.4. The number of fused-ring (bicyclic) bond motifs is 1. The minimum Gasteiger partial charge on any atom is -0.351 e. The SMILES string of the molecule is O=C(NCC(C(=O)NNc1ccccc1)c1ccc([N+](=O)[O-])cc1)c1cccc2ccccc12. The fraction of sp³-hybridized carbons (Fsp3) is 0.0769. The van der Waals surface area contributed by atoms with Crippen LogP contribution in [-0.2, 0) is 4.79 Å². The number of benzene rings is 4. The Morgan fingerprint density at radius 3 is 2.24 bits per heavy atom. The van der Waals surface area contributed by atoms with Crippen LogP contribution >= 0.6 is 0 Å². The number of carbonyl (C=O) groups is 2. The molecular formula is C26H22N4O4. The van der Waals surface area contributed by atoms with Gasteiger partial charge in [-0.3, -0.25) is 30.6 Å². The molecule has 1 atom stereocenters. The van der Waals surface area contributed by atoms with Gasteiger partial charge in [0, 0.05) is 24.2 Å². The summed E-state index contributed by atoms with van der Waals surface area (Å²) in [5, 5.41) is 15.6. The molecule has 170 valence electrons. The highest BCUT2D eigenvalue weighted by molar-refractivity contribution is 6.07. The summed E-state index contributed by atoms with van der Waals surface area (Å²) in [5.41, 5.74) is 7.16. The maximum atomic E-state index is 13.0. The predicted octanol–water partition coefficient (Wildman–Crippen LogP) is 4.40. The molecule has 4 rings (SSSR count). The van der Waals surface area contributed by atoms with Crippen molar-refractivity contribution in [1.82, 2.24) is 10.7 Å². The molecule has 0 bridgehead atoms. The molecule has 4 aromatic rings. The summed E-state index contributed by atoms with van der Waals surface area (Å²) < 4.78 is 0. The van der Waals surface area contributed by atoms with Crippen molar-refractivity contribution >= 4 is 34.0 Å². The van der Waals surface area contributed by atoms with Crippen LogP contribution in [0.2, 0.25) is 0 Å². The first kappa shape index (κ1) is 22.5. The van der Waals surface area contributed by atoms with E-state index in [2.05, 4.69) is 16.2 Å². The lowest BCUT2D eigenvalue weighted by Crippen LogP contribution is -2.39. The number of hydrazine groups is 1. The van der Waals surface area contributed by atoms with Crippen LogP contribution < -0.4 is 16.2 Å². The van der Waals surface area contributed by atoms with Gasteiger partial charge in [-0.15, -0.1) is 0 Å². The van der Waals surface area contributed by atoms with Crippen molar-refractivity contribution in [1.29, 1.82) is 0 Å². The maximum absolute atomic E-state index is 13.0. The van der Waals surface area contributed by atoms with E-state index in [0.717, 1.165) is 10.8 Å². The molecule has 4 aromatic carbocycles. The van der Waals surface area contributed by atoms with Crippen molar-refractivity contribution in [2.24, 2.45) is 0 Å². The van der Waals surface area contributed by atoms with E-state index in [-0.39, 0.29) is 18.1 Å². The first-order valence-electron chi connectivity index (χ1n) is 10.6. The monoisotopic (exact) mass is 454 g/mol. The van der Waals surface area contributed by atoms with E-state index in [1.54, 1.807) is 18.2 Å². The Balaban J connectivity index is 1.53. The van der Waals surface area contributed by atoms with Crippen LogP contribution in [0.5, 0.6) is 0 Å². The number of amides is 2. The van der Waals surface area contributed by atoms with E-state index in [1.165, 1.54) is 24.3 Å². The molecule has 3 N–H and O–H groups in total. The van der Waals surface area contributed by atoms with Crippen molar-refractivity contribution in [2.45, 2.75) is 5.92 Å². The average Bonchev–Trinajstić information content (AvgIpc) is 2.88. The second-order valence-electron chi connectivity index (χ2n) is 7.62. The number of nitro benzene ring substituents is 1. The van der Waals surface area contributed by atoms with Gasteiger partial charge < -0.3 is 5.32 Å². The molecule has 8 heteroatoms. The number of carbonyl (C=O) groups excluding carboxylic acids is 2. The topological polar surface area (TPSA) is 113 Å². The maximum Gasteiger partial charge on any atom is 0.269 e. The number of hydrogen-bond donors (Lipinski definition) is 3. The third-order valence-electron chi connectivity index (χ3n) is 5.43. The Morgan fingerprint density at radius 1 is 0.824 bits per heavy atom. The Kier molecular flexibility index (Phi) is 6.78. The number of rotatable bonds is 8. The number of nitrogens with zero attached hydrogens (tertiary/aromatic N) is 1. The zero-order valence-corrected chi connectivity index (χ0v) is 18.1. The van der Waals surface area contributed by atoms with Crippen molar-refractivity contribution in [3.63, 3.8) is 0 Å². The van der Waals surface area contributed by atoms with Gasteiger partial charge in [0.15, 0.2) is 0 Å². The van der Waals surface area contributed by atoms with Crippen LogP contribution in [0, 0.1) is 10.1 Å². The zero-order valence-electron chi connectivity index (χ0n) is 18.1. The Hall–Kier alpha value is -4.72. The molecule has 0 spiro atoms. The van der Waals surface area contributed by atoms with Crippen molar-refractivity contribution in [3.05, 3.63) is 118 Å². The van der Waals surface area contributed by atoms with Gasteiger partial charge in [0.25, 0.3) is 11.6 Å². The molecule has 0 aliphatic rings. The van der Waals surface area contributed by atoms with Crippen LogP contribution in [0.15, 0.2) is 97.1 Å². The minimum absolute atomic E-state index is 0.00215. The smallest absolute Gasteiger partial charge is 0.269 e. The van der Waals surface area contributed by atoms with E-state index in [1.807, 2.05) is 54.6 Å². The molecule has 0 saturated heterocycles. The lowest BCUT2D eigenvalue weighted by molar-refractivity contribution is -0.384. The molecule has 34 heavy (non-hydrogen) atoms. The largest absolute Gasteiger partial charge is 0.351 e. The Morgan fingerprint density at radius 2 is 1.50 bits per heavy atom. The van der Waals surface area contributed by atoms with Crippen LogP contribution in [-0.4, -0.2) is 23.3 Å². The van der Waals surface area contributed by atoms with E-state index in [4.69, 9.17) is 0 Å². The van der Waals surface area contributed by atoms with Crippen LogP contribution in [0.3, 0.4) is 0 Å². The molecule has 0 aliphatic carbocycles. The lowest BCUT2D eigenvalue weighted by atomic mass is 9.97. The predicted molar refractivity (Wildman–Crippen MR) is 130 cm³/mol. The van der Waals surface area contributed by atoms with Gasteiger partial charge in [0.05, 0.1) is 16.5 Å². The van der Waals surface area contributed by atoms with Gasteiger partial charge in [0.2, 0.25) is 5.91 Å². The van der Waals surface area contributed by atoms with Crippen LogP contribution in [0.4, 0.5) is 11.4 Å². The van der Waals surface area contributed by atoms with Gasteiger partial charge in [-0.2, -0.15) is 0 Å². The average molecular weight is 454 g/mol.